The summed E-state index contributed by atoms with van der Waals surface area (Å²) in [6.45, 7) is 3.60. The first-order valence-corrected chi connectivity index (χ1v) is 15.9. The number of hydrogen-bond acceptors (Lipinski definition) is 13. The average molecular weight is 696 g/mol. The Morgan fingerprint density at radius 1 is 0.531 bits per heavy atom. The molecule has 5 aromatic rings. The van der Waals surface area contributed by atoms with E-state index < -0.39 is 0 Å². The lowest BCUT2D eigenvalue weighted by molar-refractivity contribution is 0.132. The second-order valence-electron chi connectivity index (χ2n) is 10.3. The van der Waals surface area contributed by atoms with Crippen LogP contribution < -0.4 is 23.8 Å². The van der Waals surface area contributed by atoms with Crippen molar-refractivity contribution in [3.8, 4) is 23.0 Å². The number of anilines is 2. The molecule has 0 aliphatic rings. The van der Waals surface area contributed by atoms with Gasteiger partial charge >= 0.3 is 0 Å². The number of nitrogens with zero attached hydrogens (tertiary/aromatic N) is 5. The number of fused-ring (bicyclic) bond motifs is 2. The fourth-order valence-corrected chi connectivity index (χ4v) is 4.71. The fourth-order valence-electron chi connectivity index (χ4n) is 4.52. The van der Waals surface area contributed by atoms with E-state index in [4.69, 9.17) is 49.5 Å². The van der Waals surface area contributed by atoms with Gasteiger partial charge < -0.3 is 42.8 Å². The summed E-state index contributed by atoms with van der Waals surface area (Å²) in [5.74, 6) is 3.19. The van der Waals surface area contributed by atoms with Crippen molar-refractivity contribution < 1.29 is 37.9 Å². The van der Waals surface area contributed by atoms with E-state index in [2.05, 4.69) is 19.9 Å². The summed E-state index contributed by atoms with van der Waals surface area (Å²) in [6, 6.07) is 17.4. The molecule has 49 heavy (non-hydrogen) atoms. The number of hydrogen-bond donors (Lipinski definition) is 0. The molecule has 0 saturated heterocycles. The van der Waals surface area contributed by atoms with Crippen molar-refractivity contribution in [2.75, 3.05) is 93.2 Å². The lowest BCUT2D eigenvalue weighted by Gasteiger charge is -2.21. The van der Waals surface area contributed by atoms with Gasteiger partial charge in [-0.05, 0) is 24.3 Å². The molecule has 0 saturated carbocycles. The quantitative estimate of drug-likeness (QED) is 0.0812. The molecule has 0 unspecified atom stereocenters. The summed E-state index contributed by atoms with van der Waals surface area (Å²) in [4.78, 5) is 19.1. The van der Waals surface area contributed by atoms with E-state index in [0.29, 0.717) is 91.9 Å². The van der Waals surface area contributed by atoms with Crippen LogP contribution in [0.15, 0.2) is 67.3 Å². The van der Waals surface area contributed by atoms with Gasteiger partial charge in [-0.1, -0.05) is 29.8 Å². The zero-order chi connectivity index (χ0) is 34.8. The highest BCUT2D eigenvalue weighted by molar-refractivity contribution is 6.34. The van der Waals surface area contributed by atoms with Crippen molar-refractivity contribution in [3.05, 3.63) is 72.4 Å². The highest BCUT2D eigenvalue weighted by Crippen LogP contribution is 2.37. The molecule has 262 valence electrons. The van der Waals surface area contributed by atoms with Crippen LogP contribution in [-0.4, -0.2) is 108 Å². The van der Waals surface area contributed by atoms with Crippen molar-refractivity contribution in [1.82, 2.24) is 19.9 Å². The molecule has 0 atom stereocenters. The predicted molar refractivity (Wildman–Crippen MR) is 188 cm³/mol. The highest BCUT2D eigenvalue weighted by atomic mass is 35.5. The second-order valence-corrected chi connectivity index (χ2v) is 10.6. The monoisotopic (exact) mass is 695 g/mol. The van der Waals surface area contributed by atoms with Crippen LogP contribution in [0.2, 0.25) is 5.15 Å². The number of ether oxygens (including phenoxy) is 8. The van der Waals surface area contributed by atoms with E-state index >= 15 is 0 Å². The average Bonchev–Trinajstić information content (AvgIpc) is 3.12. The van der Waals surface area contributed by atoms with E-state index in [1.807, 2.05) is 54.4 Å². The summed E-state index contributed by atoms with van der Waals surface area (Å²) >= 11 is 6.08. The van der Waals surface area contributed by atoms with Gasteiger partial charge in [-0.25, -0.2) is 19.9 Å². The molecule has 0 N–H and O–H groups in total. The topological polar surface area (TPSA) is 129 Å². The Hall–Kier alpha value is -4.53. The van der Waals surface area contributed by atoms with Crippen LogP contribution in [0.1, 0.15) is 0 Å². The molecule has 0 fully saturated rings. The number of rotatable bonds is 18. The predicted octanol–water partition coefficient (Wildman–Crippen LogP) is 5.78. The Labute approximate surface area is 291 Å². The maximum absolute atomic E-state index is 6.08. The molecule has 0 spiro atoms. The number of para-hydroxylation sites is 1. The zero-order valence-corrected chi connectivity index (χ0v) is 29.1. The Morgan fingerprint density at radius 3 is 1.45 bits per heavy atom. The van der Waals surface area contributed by atoms with Gasteiger partial charge in [0.15, 0.2) is 23.0 Å². The highest BCUT2D eigenvalue weighted by Gasteiger charge is 2.16. The molecular formula is C35H42ClN5O8. The van der Waals surface area contributed by atoms with Gasteiger partial charge in [0.05, 0.1) is 37.5 Å². The van der Waals surface area contributed by atoms with Gasteiger partial charge in [-0.3, -0.25) is 0 Å². The normalized spacial score (nSPS) is 10.8. The van der Waals surface area contributed by atoms with Crippen LogP contribution in [0, 0.1) is 0 Å². The first-order chi connectivity index (χ1) is 24.0. The molecular weight excluding hydrogens is 654 g/mol. The molecule has 2 heterocycles. The molecule has 0 radical (unpaired) electrons. The molecule has 13 nitrogen and oxygen atoms in total. The Bertz CT molecular complexity index is 1730. The molecule has 0 bridgehead atoms. The van der Waals surface area contributed by atoms with Crippen LogP contribution >= 0.6 is 11.6 Å². The minimum absolute atomic E-state index is 0.375. The molecule has 0 aliphatic heterocycles. The number of aromatic nitrogens is 4. The first-order valence-electron chi connectivity index (χ1n) is 15.5. The summed E-state index contributed by atoms with van der Waals surface area (Å²) < 4.78 is 43.2. The minimum Gasteiger partial charge on any atom is -0.487 e. The van der Waals surface area contributed by atoms with Crippen molar-refractivity contribution in [2.24, 2.45) is 0 Å². The third-order valence-electron chi connectivity index (χ3n) is 6.97. The fraction of sp³-hybridized carbons (Fsp3) is 0.371. The van der Waals surface area contributed by atoms with Crippen molar-refractivity contribution >= 4 is 44.9 Å². The molecule has 3 aromatic carbocycles. The summed E-state index contributed by atoms with van der Waals surface area (Å²) in [6.07, 6.45) is 2.97. The van der Waals surface area contributed by atoms with Gasteiger partial charge in [0, 0.05) is 64.1 Å². The van der Waals surface area contributed by atoms with Gasteiger partial charge in [0.2, 0.25) is 0 Å². The number of methoxy groups -OCH3 is 4. The van der Waals surface area contributed by atoms with Crippen LogP contribution in [-0.2, 0) is 18.9 Å². The van der Waals surface area contributed by atoms with Crippen molar-refractivity contribution in [3.63, 3.8) is 0 Å². The maximum Gasteiger partial charge on any atom is 0.163 e. The Balaban J connectivity index is 0.000000230. The molecule has 0 aliphatic carbocycles. The molecule has 2 aromatic heterocycles. The van der Waals surface area contributed by atoms with Crippen molar-refractivity contribution in [2.45, 2.75) is 0 Å². The number of halogens is 1. The maximum atomic E-state index is 6.08. The third-order valence-corrected chi connectivity index (χ3v) is 7.27. The first kappa shape index (κ1) is 37.3. The van der Waals surface area contributed by atoms with Crippen molar-refractivity contribution in [1.29, 1.82) is 0 Å². The lowest BCUT2D eigenvalue weighted by atomic mass is 10.2. The Kier molecular flexibility index (Phi) is 15.3. The largest absolute Gasteiger partial charge is 0.487 e. The van der Waals surface area contributed by atoms with Crippen LogP contribution in [0.3, 0.4) is 0 Å². The van der Waals surface area contributed by atoms with Gasteiger partial charge in [-0.15, -0.1) is 0 Å². The molecule has 0 amide bonds. The minimum atomic E-state index is 0.375. The molecule has 5 rings (SSSR count). The van der Waals surface area contributed by atoms with Crippen LogP contribution in [0.5, 0.6) is 23.0 Å². The van der Waals surface area contributed by atoms with Gasteiger partial charge in [0.1, 0.15) is 50.1 Å². The molecule has 14 heteroatoms. The summed E-state index contributed by atoms with van der Waals surface area (Å²) in [5.41, 5.74) is 2.51. The van der Waals surface area contributed by atoms with Crippen LogP contribution in [0.25, 0.3) is 21.8 Å². The van der Waals surface area contributed by atoms with E-state index in [1.54, 1.807) is 46.9 Å². The second kappa shape index (κ2) is 20.1. The van der Waals surface area contributed by atoms with E-state index in [1.165, 1.54) is 6.33 Å². The third kappa shape index (κ3) is 10.7. The van der Waals surface area contributed by atoms with E-state index in [0.717, 1.165) is 22.4 Å². The number of benzene rings is 3. The lowest BCUT2D eigenvalue weighted by Crippen LogP contribution is -2.12. The smallest absolute Gasteiger partial charge is 0.163 e. The SMILES string of the molecule is COCCOc1cc2ncnc(Cl)c2cc1OCCOC.COCCOc1cc2ncnc(N(C)c3ccccc3)c2cc1OCCOC. The Morgan fingerprint density at radius 2 is 0.959 bits per heavy atom. The summed E-state index contributed by atoms with van der Waals surface area (Å²) in [7, 11) is 8.49. The van der Waals surface area contributed by atoms with E-state index in [-0.39, 0.29) is 0 Å². The van der Waals surface area contributed by atoms with Crippen LogP contribution in [0.4, 0.5) is 11.5 Å². The standard InChI is InChI=1S/C21H25N3O4.C14H17ClN2O4/c1-24(16-7-5-4-6-8-16)21-17-13-19(27-11-9-25-2)20(28-12-10-26-3)14-18(17)22-15-23-21;1-18-3-5-20-12-7-10-11(16-9-17-14(10)15)8-13(12)21-6-4-19-2/h4-8,13-15H,9-12H2,1-3H3;7-9H,3-6H2,1-2H3. The zero-order valence-electron chi connectivity index (χ0n) is 28.4. The van der Waals surface area contributed by atoms with Gasteiger partial charge in [0.25, 0.3) is 0 Å². The van der Waals surface area contributed by atoms with Gasteiger partial charge in [-0.2, -0.15) is 0 Å². The summed E-state index contributed by atoms with van der Waals surface area (Å²) in [5, 5.41) is 1.96. The van der Waals surface area contributed by atoms with E-state index in [9.17, 15) is 0 Å².